The van der Waals surface area contributed by atoms with Crippen molar-refractivity contribution in [1.29, 1.82) is 0 Å². The van der Waals surface area contributed by atoms with Gasteiger partial charge in [-0.2, -0.15) is 0 Å². The van der Waals surface area contributed by atoms with E-state index in [4.69, 9.17) is 10.5 Å². The summed E-state index contributed by atoms with van der Waals surface area (Å²) in [7, 11) is -2.17. The van der Waals surface area contributed by atoms with E-state index in [9.17, 15) is 8.42 Å². The fourth-order valence-electron chi connectivity index (χ4n) is 1.55. The number of hydrogen-bond donors (Lipinski definition) is 3. The van der Waals surface area contributed by atoms with Gasteiger partial charge < -0.3 is 15.8 Å². The fraction of sp³-hybridized carbons (Fsp3) is 0.385. The summed E-state index contributed by atoms with van der Waals surface area (Å²) in [6, 6.07) is 4.74. The number of rotatable bonds is 9. The van der Waals surface area contributed by atoms with Gasteiger partial charge in [0.1, 0.15) is 4.90 Å². The molecule has 0 spiro atoms. The predicted molar refractivity (Wildman–Crippen MR) is 81.2 cm³/mol. The molecule has 0 aromatic heterocycles. The van der Waals surface area contributed by atoms with Crippen LogP contribution in [-0.2, 0) is 14.8 Å². The number of nitrogen functional groups attached to an aromatic ring is 1. The topological polar surface area (TPSA) is 93.4 Å². The zero-order valence-electron chi connectivity index (χ0n) is 11.6. The third-order valence-corrected chi connectivity index (χ3v) is 4.10. The molecule has 1 aromatic carbocycles. The van der Waals surface area contributed by atoms with Crippen LogP contribution >= 0.6 is 0 Å². The van der Waals surface area contributed by atoms with Gasteiger partial charge in [0.25, 0.3) is 0 Å². The van der Waals surface area contributed by atoms with Gasteiger partial charge in [-0.1, -0.05) is 6.08 Å². The van der Waals surface area contributed by atoms with Crippen LogP contribution in [0.3, 0.4) is 0 Å². The van der Waals surface area contributed by atoms with E-state index in [1.165, 1.54) is 13.1 Å². The molecule has 0 saturated carbocycles. The highest BCUT2D eigenvalue weighted by atomic mass is 32.2. The van der Waals surface area contributed by atoms with Crippen molar-refractivity contribution in [3.05, 3.63) is 30.9 Å². The van der Waals surface area contributed by atoms with Crippen molar-refractivity contribution in [2.45, 2.75) is 11.3 Å². The zero-order chi connectivity index (χ0) is 15.0. The second kappa shape index (κ2) is 7.88. The Hall–Kier alpha value is -1.57. The fourth-order valence-corrected chi connectivity index (χ4v) is 2.39. The first-order valence-corrected chi connectivity index (χ1v) is 7.75. The van der Waals surface area contributed by atoms with E-state index in [-0.39, 0.29) is 10.6 Å². The number of ether oxygens (including phenoxy) is 1. The molecule has 112 valence electrons. The molecule has 0 saturated heterocycles. The minimum atomic E-state index is -3.52. The maximum atomic E-state index is 11.7. The molecule has 6 nitrogen and oxygen atoms in total. The summed E-state index contributed by atoms with van der Waals surface area (Å²) in [6.45, 7) is 5.43. The first-order valence-electron chi connectivity index (χ1n) is 6.27. The van der Waals surface area contributed by atoms with Crippen LogP contribution < -0.4 is 15.8 Å². The lowest BCUT2D eigenvalue weighted by Crippen LogP contribution is -2.20. The van der Waals surface area contributed by atoms with Crippen LogP contribution in [0.2, 0.25) is 0 Å². The van der Waals surface area contributed by atoms with E-state index in [0.29, 0.717) is 19.8 Å². The highest BCUT2D eigenvalue weighted by Crippen LogP contribution is 2.21. The summed E-state index contributed by atoms with van der Waals surface area (Å²) >= 11 is 0. The number of benzene rings is 1. The van der Waals surface area contributed by atoms with Crippen molar-refractivity contribution >= 4 is 21.4 Å². The Morgan fingerprint density at radius 2 is 2.15 bits per heavy atom. The van der Waals surface area contributed by atoms with Gasteiger partial charge in [0.05, 0.1) is 18.9 Å². The summed E-state index contributed by atoms with van der Waals surface area (Å²) in [5.41, 5.74) is 6.71. The minimum absolute atomic E-state index is 0.0767. The quantitative estimate of drug-likeness (QED) is 0.362. The second-order valence-corrected chi connectivity index (χ2v) is 5.93. The van der Waals surface area contributed by atoms with Gasteiger partial charge >= 0.3 is 0 Å². The Kier molecular flexibility index (Phi) is 6.50. The van der Waals surface area contributed by atoms with Crippen LogP contribution in [0.15, 0.2) is 35.7 Å². The molecule has 0 aliphatic heterocycles. The third kappa shape index (κ3) is 4.84. The maximum Gasteiger partial charge on any atom is 0.242 e. The normalized spacial score (nSPS) is 11.2. The Balaban J connectivity index is 2.54. The number of anilines is 2. The van der Waals surface area contributed by atoms with Crippen molar-refractivity contribution in [2.24, 2.45) is 0 Å². The van der Waals surface area contributed by atoms with E-state index in [1.54, 1.807) is 18.2 Å². The molecule has 0 aliphatic carbocycles. The highest BCUT2D eigenvalue weighted by Gasteiger charge is 2.14. The van der Waals surface area contributed by atoms with Gasteiger partial charge in [-0.3, -0.25) is 0 Å². The van der Waals surface area contributed by atoms with Crippen molar-refractivity contribution in [3.8, 4) is 0 Å². The lowest BCUT2D eigenvalue weighted by Gasteiger charge is -2.10. The summed E-state index contributed by atoms with van der Waals surface area (Å²) in [5.74, 6) is 0. The SMILES string of the molecule is C=CCCOCCNc1ccc(S(=O)(=O)NC)c(N)c1. The molecule has 0 bridgehead atoms. The zero-order valence-corrected chi connectivity index (χ0v) is 12.4. The van der Waals surface area contributed by atoms with Crippen LogP contribution in [0.4, 0.5) is 11.4 Å². The van der Waals surface area contributed by atoms with Crippen molar-refractivity contribution in [3.63, 3.8) is 0 Å². The van der Waals surface area contributed by atoms with E-state index in [2.05, 4.69) is 16.6 Å². The smallest absolute Gasteiger partial charge is 0.242 e. The van der Waals surface area contributed by atoms with E-state index in [0.717, 1.165) is 12.1 Å². The molecule has 1 aromatic rings. The van der Waals surface area contributed by atoms with Gasteiger partial charge in [-0.05, 0) is 31.7 Å². The predicted octanol–water partition coefficient (Wildman–Crippen LogP) is 1.18. The molecule has 0 fully saturated rings. The Labute approximate surface area is 120 Å². The number of nitrogens with two attached hydrogens (primary N) is 1. The Morgan fingerprint density at radius 1 is 1.40 bits per heavy atom. The average molecular weight is 299 g/mol. The van der Waals surface area contributed by atoms with Gasteiger partial charge in [-0.25, -0.2) is 13.1 Å². The molecule has 0 unspecified atom stereocenters. The van der Waals surface area contributed by atoms with Crippen LogP contribution in [-0.4, -0.2) is 35.2 Å². The summed E-state index contributed by atoms with van der Waals surface area (Å²) < 4.78 is 30.9. The molecule has 20 heavy (non-hydrogen) atoms. The number of sulfonamides is 1. The van der Waals surface area contributed by atoms with E-state index in [1.807, 2.05) is 0 Å². The second-order valence-electron chi connectivity index (χ2n) is 4.08. The summed E-state index contributed by atoms with van der Waals surface area (Å²) in [4.78, 5) is 0.0767. The average Bonchev–Trinajstić information content (AvgIpc) is 2.42. The molecule has 0 aliphatic rings. The van der Waals surface area contributed by atoms with Crippen LogP contribution in [0.25, 0.3) is 0 Å². The molecular weight excluding hydrogens is 278 g/mol. The van der Waals surface area contributed by atoms with Gasteiger partial charge in [-0.15, -0.1) is 6.58 Å². The maximum absolute atomic E-state index is 11.7. The minimum Gasteiger partial charge on any atom is -0.398 e. The van der Waals surface area contributed by atoms with E-state index < -0.39 is 10.0 Å². The molecule has 7 heteroatoms. The Bertz CT molecular complexity index is 544. The molecule has 0 amide bonds. The lowest BCUT2D eigenvalue weighted by atomic mass is 10.3. The van der Waals surface area contributed by atoms with Gasteiger partial charge in [0.2, 0.25) is 10.0 Å². The first kappa shape index (κ1) is 16.5. The number of nitrogens with one attached hydrogen (secondary N) is 2. The first-order chi connectivity index (χ1) is 9.51. The monoisotopic (exact) mass is 299 g/mol. The molecular formula is C13H21N3O3S. The standard InChI is InChI=1S/C13H21N3O3S/c1-3-4-8-19-9-7-16-11-5-6-13(12(14)10-11)20(17,18)15-2/h3,5-6,10,15-16H,1,4,7-9,14H2,2H3. The van der Waals surface area contributed by atoms with Crippen LogP contribution in [0.1, 0.15) is 6.42 Å². The molecule has 0 atom stereocenters. The van der Waals surface area contributed by atoms with Crippen molar-refractivity contribution in [2.75, 3.05) is 37.9 Å². The molecule has 1 rings (SSSR count). The number of hydrogen-bond acceptors (Lipinski definition) is 5. The highest BCUT2D eigenvalue weighted by molar-refractivity contribution is 7.89. The van der Waals surface area contributed by atoms with Crippen molar-refractivity contribution < 1.29 is 13.2 Å². The molecule has 0 radical (unpaired) electrons. The molecule has 0 heterocycles. The van der Waals surface area contributed by atoms with E-state index >= 15 is 0 Å². The summed E-state index contributed by atoms with van der Waals surface area (Å²) in [6.07, 6.45) is 2.62. The third-order valence-electron chi connectivity index (χ3n) is 2.61. The largest absolute Gasteiger partial charge is 0.398 e. The van der Waals surface area contributed by atoms with Crippen molar-refractivity contribution in [1.82, 2.24) is 4.72 Å². The lowest BCUT2D eigenvalue weighted by molar-refractivity contribution is 0.149. The van der Waals surface area contributed by atoms with Crippen LogP contribution in [0.5, 0.6) is 0 Å². The summed E-state index contributed by atoms with van der Waals surface area (Å²) in [5, 5.41) is 3.11. The van der Waals surface area contributed by atoms with Crippen LogP contribution in [0, 0.1) is 0 Å². The van der Waals surface area contributed by atoms with Gasteiger partial charge in [0, 0.05) is 12.2 Å². The van der Waals surface area contributed by atoms with Gasteiger partial charge in [0.15, 0.2) is 0 Å². The Morgan fingerprint density at radius 3 is 2.75 bits per heavy atom. The molecule has 4 N–H and O–H groups in total.